The lowest BCUT2D eigenvalue weighted by molar-refractivity contribution is 0.413. The van der Waals surface area contributed by atoms with Crippen LogP contribution in [0.4, 0.5) is 10.2 Å². The molecule has 0 unspecified atom stereocenters. The number of alkyl halides is 1. The number of aromatic nitrogens is 2. The van der Waals surface area contributed by atoms with Crippen LogP contribution in [-0.4, -0.2) is 25.5 Å². The second-order valence-electron chi connectivity index (χ2n) is 6.56. The summed E-state index contributed by atoms with van der Waals surface area (Å²) in [6.07, 6.45) is 2.73. The minimum absolute atomic E-state index is 0.116. The number of hydrogen-bond acceptors (Lipinski definition) is 5. The number of benzene rings is 3. The van der Waals surface area contributed by atoms with Gasteiger partial charge in [0.1, 0.15) is 24.6 Å². The molecule has 8 heteroatoms. The molecule has 6 nitrogen and oxygen atoms in total. The van der Waals surface area contributed by atoms with E-state index in [1.54, 1.807) is 24.3 Å². The molecule has 0 amide bonds. The van der Waals surface area contributed by atoms with Crippen LogP contribution in [0.5, 0.6) is 5.75 Å². The molecular formula is C22H18FN3O3S. The number of halogens is 1. The molecule has 0 saturated carbocycles. The van der Waals surface area contributed by atoms with Gasteiger partial charge in [-0.15, -0.1) is 0 Å². The van der Waals surface area contributed by atoms with Crippen molar-refractivity contribution in [2.24, 2.45) is 0 Å². The number of fused-ring (bicyclic) bond motifs is 1. The Morgan fingerprint density at radius 1 is 1.03 bits per heavy atom. The molecular weight excluding hydrogens is 405 g/mol. The summed E-state index contributed by atoms with van der Waals surface area (Å²) in [5, 5.41) is 1.60. The summed E-state index contributed by atoms with van der Waals surface area (Å²) in [4.78, 5) is 7.79. The van der Waals surface area contributed by atoms with Gasteiger partial charge in [-0.25, -0.2) is 22.8 Å². The van der Waals surface area contributed by atoms with Gasteiger partial charge in [-0.1, -0.05) is 36.4 Å². The van der Waals surface area contributed by atoms with Crippen molar-refractivity contribution in [3.8, 4) is 16.9 Å². The van der Waals surface area contributed by atoms with Gasteiger partial charge in [-0.3, -0.25) is 4.72 Å². The molecule has 30 heavy (non-hydrogen) atoms. The predicted molar refractivity (Wildman–Crippen MR) is 114 cm³/mol. The maximum atomic E-state index is 13.0. The third-order valence-corrected chi connectivity index (χ3v) is 6.05. The first-order valence-corrected chi connectivity index (χ1v) is 10.5. The highest BCUT2D eigenvalue weighted by molar-refractivity contribution is 7.92. The quantitative estimate of drug-likeness (QED) is 0.491. The van der Waals surface area contributed by atoms with Crippen LogP contribution in [-0.2, 0) is 16.7 Å². The zero-order chi connectivity index (χ0) is 21.1. The lowest BCUT2D eigenvalue weighted by Gasteiger charge is -2.13. The number of rotatable bonds is 6. The van der Waals surface area contributed by atoms with E-state index in [1.165, 1.54) is 31.8 Å². The third-order valence-electron chi connectivity index (χ3n) is 4.69. The predicted octanol–water partition coefficient (Wildman–Crippen LogP) is 4.58. The van der Waals surface area contributed by atoms with E-state index in [0.717, 1.165) is 21.9 Å². The summed E-state index contributed by atoms with van der Waals surface area (Å²) in [6, 6.07) is 17.2. The highest BCUT2D eigenvalue weighted by Crippen LogP contribution is 2.36. The van der Waals surface area contributed by atoms with Gasteiger partial charge in [0.05, 0.1) is 12.0 Å². The van der Waals surface area contributed by atoms with Gasteiger partial charge in [0.15, 0.2) is 0 Å². The van der Waals surface area contributed by atoms with E-state index < -0.39 is 16.7 Å². The fourth-order valence-electron chi connectivity index (χ4n) is 3.25. The van der Waals surface area contributed by atoms with Crippen LogP contribution in [0, 0.1) is 0 Å². The monoisotopic (exact) mass is 423 g/mol. The molecule has 0 saturated heterocycles. The smallest absolute Gasteiger partial charge is 0.263 e. The highest BCUT2D eigenvalue weighted by Gasteiger charge is 2.17. The Bertz CT molecular complexity index is 1310. The van der Waals surface area contributed by atoms with Crippen LogP contribution in [0.3, 0.4) is 0 Å². The van der Waals surface area contributed by atoms with E-state index in [2.05, 4.69) is 14.7 Å². The molecule has 152 valence electrons. The second kappa shape index (κ2) is 8.08. The largest absolute Gasteiger partial charge is 0.496 e. The molecule has 1 aromatic heterocycles. The van der Waals surface area contributed by atoms with E-state index in [9.17, 15) is 12.8 Å². The lowest BCUT2D eigenvalue weighted by Crippen LogP contribution is -2.13. The summed E-state index contributed by atoms with van der Waals surface area (Å²) in [6.45, 7) is -0.577. The number of sulfonamides is 1. The SMILES string of the molecule is COc1cc(CF)ccc1-c1cccc2cc(S(=O)(=O)Nc3ccncn3)ccc12. The first kappa shape index (κ1) is 19.8. The highest BCUT2D eigenvalue weighted by atomic mass is 32.2. The van der Waals surface area contributed by atoms with Crippen molar-refractivity contribution in [2.45, 2.75) is 11.6 Å². The van der Waals surface area contributed by atoms with Crippen LogP contribution < -0.4 is 9.46 Å². The normalized spacial score (nSPS) is 11.4. The standard InChI is InChI=1S/C22H18FN3O3S/c1-29-21-11-15(13-23)5-7-20(21)19-4-2-3-16-12-17(6-8-18(16)19)30(27,28)26-22-9-10-24-14-25-22/h2-12,14H,13H2,1H3,(H,24,25,26). The molecule has 0 radical (unpaired) electrons. The Hall–Kier alpha value is -3.52. The van der Waals surface area contributed by atoms with Crippen molar-refractivity contribution >= 4 is 26.6 Å². The van der Waals surface area contributed by atoms with Gasteiger partial charge in [0.2, 0.25) is 0 Å². The Kier molecular flexibility index (Phi) is 5.33. The van der Waals surface area contributed by atoms with Gasteiger partial charge in [-0.05, 0) is 46.2 Å². The van der Waals surface area contributed by atoms with Crippen molar-refractivity contribution in [3.05, 3.63) is 78.8 Å². The summed E-state index contributed by atoms with van der Waals surface area (Å²) in [5.41, 5.74) is 2.19. The lowest BCUT2D eigenvalue weighted by atomic mass is 9.97. The zero-order valence-electron chi connectivity index (χ0n) is 16.0. The summed E-state index contributed by atoms with van der Waals surface area (Å²) in [7, 11) is -2.27. The Balaban J connectivity index is 1.78. The molecule has 0 aliphatic carbocycles. The summed E-state index contributed by atoms with van der Waals surface area (Å²) in [5.74, 6) is 0.747. The van der Waals surface area contributed by atoms with E-state index in [0.29, 0.717) is 11.3 Å². The minimum Gasteiger partial charge on any atom is -0.496 e. The van der Waals surface area contributed by atoms with Crippen molar-refractivity contribution in [1.82, 2.24) is 9.97 Å². The van der Waals surface area contributed by atoms with Gasteiger partial charge < -0.3 is 4.74 Å². The van der Waals surface area contributed by atoms with Crippen molar-refractivity contribution in [2.75, 3.05) is 11.8 Å². The van der Waals surface area contributed by atoms with Gasteiger partial charge in [-0.2, -0.15) is 0 Å². The maximum absolute atomic E-state index is 13.0. The number of hydrogen-bond donors (Lipinski definition) is 1. The number of nitrogens with one attached hydrogen (secondary N) is 1. The summed E-state index contributed by atoms with van der Waals surface area (Å²) >= 11 is 0. The van der Waals surface area contributed by atoms with Crippen LogP contribution in [0.2, 0.25) is 0 Å². The molecule has 0 aliphatic rings. The van der Waals surface area contributed by atoms with E-state index >= 15 is 0 Å². The molecule has 0 aliphatic heterocycles. The summed E-state index contributed by atoms with van der Waals surface area (Å²) < 4.78 is 46.4. The van der Waals surface area contributed by atoms with E-state index in [1.807, 2.05) is 24.3 Å². The molecule has 3 aromatic carbocycles. The molecule has 1 N–H and O–H groups in total. The molecule has 0 atom stereocenters. The molecule has 4 aromatic rings. The average molecular weight is 423 g/mol. The number of nitrogens with zero attached hydrogens (tertiary/aromatic N) is 2. The maximum Gasteiger partial charge on any atom is 0.263 e. The van der Waals surface area contributed by atoms with Crippen LogP contribution in [0.1, 0.15) is 5.56 Å². The number of methoxy groups -OCH3 is 1. The first-order valence-electron chi connectivity index (χ1n) is 9.07. The molecule has 4 rings (SSSR count). The molecule has 0 spiro atoms. The minimum atomic E-state index is -3.81. The topological polar surface area (TPSA) is 81.2 Å². The Labute approximate surface area is 173 Å². The van der Waals surface area contributed by atoms with Gasteiger partial charge >= 0.3 is 0 Å². The van der Waals surface area contributed by atoms with Crippen molar-refractivity contribution < 1.29 is 17.5 Å². The van der Waals surface area contributed by atoms with Crippen molar-refractivity contribution in [1.29, 1.82) is 0 Å². The fourth-order valence-corrected chi connectivity index (χ4v) is 4.30. The van der Waals surface area contributed by atoms with Crippen LogP contribution >= 0.6 is 0 Å². The second-order valence-corrected chi connectivity index (χ2v) is 8.24. The molecule has 0 fully saturated rings. The fraction of sp³-hybridized carbons (Fsp3) is 0.0909. The first-order chi connectivity index (χ1) is 14.5. The Morgan fingerprint density at radius 2 is 1.90 bits per heavy atom. The average Bonchev–Trinajstić information content (AvgIpc) is 2.78. The zero-order valence-corrected chi connectivity index (χ0v) is 16.9. The van der Waals surface area contributed by atoms with Gasteiger partial charge in [0.25, 0.3) is 10.0 Å². The van der Waals surface area contributed by atoms with Gasteiger partial charge in [0, 0.05) is 11.8 Å². The Morgan fingerprint density at radius 3 is 2.63 bits per heavy atom. The van der Waals surface area contributed by atoms with Crippen LogP contribution in [0.25, 0.3) is 21.9 Å². The third kappa shape index (κ3) is 3.81. The molecule has 1 heterocycles. The van der Waals surface area contributed by atoms with Crippen molar-refractivity contribution in [3.63, 3.8) is 0 Å². The van der Waals surface area contributed by atoms with E-state index in [-0.39, 0.29) is 10.7 Å². The van der Waals surface area contributed by atoms with E-state index in [4.69, 9.17) is 4.74 Å². The molecule has 0 bridgehead atoms. The van der Waals surface area contributed by atoms with Crippen LogP contribution in [0.15, 0.2) is 78.1 Å². The number of ether oxygens (including phenoxy) is 1. The number of anilines is 1.